The van der Waals surface area contributed by atoms with Gasteiger partial charge in [0.05, 0.1) is 19.0 Å². The van der Waals surface area contributed by atoms with Gasteiger partial charge in [0.25, 0.3) is 0 Å². The van der Waals surface area contributed by atoms with Gasteiger partial charge in [-0.05, 0) is 56.3 Å². The SMILES string of the molecule is CNCCCc1cn[nH]c1-c1ccc(OC)cc1. The number of aryl methyl sites for hydroxylation is 1. The minimum Gasteiger partial charge on any atom is -0.497 e. The van der Waals surface area contributed by atoms with Gasteiger partial charge in [0.2, 0.25) is 0 Å². The Balaban J connectivity index is 2.14. The molecule has 0 aliphatic rings. The molecule has 18 heavy (non-hydrogen) atoms. The van der Waals surface area contributed by atoms with Gasteiger partial charge >= 0.3 is 0 Å². The van der Waals surface area contributed by atoms with Crippen LogP contribution in [0.25, 0.3) is 11.3 Å². The first-order valence-electron chi connectivity index (χ1n) is 6.16. The molecule has 1 heterocycles. The number of hydrogen-bond donors (Lipinski definition) is 2. The number of nitrogens with one attached hydrogen (secondary N) is 2. The van der Waals surface area contributed by atoms with Crippen molar-refractivity contribution in [2.45, 2.75) is 12.8 Å². The average molecular weight is 245 g/mol. The Morgan fingerprint density at radius 2 is 2.06 bits per heavy atom. The van der Waals surface area contributed by atoms with E-state index in [-0.39, 0.29) is 0 Å². The molecule has 0 fully saturated rings. The minimum atomic E-state index is 0.870. The third-order valence-electron chi connectivity index (χ3n) is 2.97. The molecule has 96 valence electrons. The number of aromatic nitrogens is 2. The number of hydrogen-bond acceptors (Lipinski definition) is 3. The number of H-pyrrole nitrogens is 1. The zero-order valence-corrected chi connectivity index (χ0v) is 10.9. The van der Waals surface area contributed by atoms with Crippen molar-refractivity contribution in [3.8, 4) is 17.0 Å². The number of aromatic amines is 1. The number of methoxy groups -OCH3 is 1. The maximum atomic E-state index is 5.16. The number of rotatable bonds is 6. The van der Waals surface area contributed by atoms with Gasteiger partial charge < -0.3 is 10.1 Å². The van der Waals surface area contributed by atoms with Crippen LogP contribution in [-0.2, 0) is 6.42 Å². The van der Waals surface area contributed by atoms with E-state index in [9.17, 15) is 0 Å². The third kappa shape index (κ3) is 2.90. The molecule has 1 aromatic carbocycles. The van der Waals surface area contributed by atoms with Crippen molar-refractivity contribution in [1.82, 2.24) is 15.5 Å². The first kappa shape index (κ1) is 12.6. The highest BCUT2D eigenvalue weighted by Gasteiger charge is 2.07. The Bertz CT molecular complexity index is 476. The van der Waals surface area contributed by atoms with Gasteiger partial charge in [0.15, 0.2) is 0 Å². The molecule has 0 unspecified atom stereocenters. The van der Waals surface area contributed by atoms with Crippen molar-refractivity contribution in [2.24, 2.45) is 0 Å². The summed E-state index contributed by atoms with van der Waals surface area (Å²) in [5.74, 6) is 0.870. The van der Waals surface area contributed by atoms with Gasteiger partial charge in [0.1, 0.15) is 5.75 Å². The van der Waals surface area contributed by atoms with Crippen LogP contribution in [-0.4, -0.2) is 30.9 Å². The van der Waals surface area contributed by atoms with E-state index in [4.69, 9.17) is 4.74 Å². The zero-order valence-electron chi connectivity index (χ0n) is 10.9. The van der Waals surface area contributed by atoms with Crippen molar-refractivity contribution in [3.05, 3.63) is 36.0 Å². The van der Waals surface area contributed by atoms with Gasteiger partial charge in [-0.1, -0.05) is 0 Å². The third-order valence-corrected chi connectivity index (χ3v) is 2.97. The van der Waals surface area contributed by atoms with Crippen molar-refractivity contribution in [2.75, 3.05) is 20.7 Å². The van der Waals surface area contributed by atoms with E-state index < -0.39 is 0 Å². The van der Waals surface area contributed by atoms with E-state index in [1.54, 1.807) is 7.11 Å². The molecule has 0 amide bonds. The maximum absolute atomic E-state index is 5.16. The molecular weight excluding hydrogens is 226 g/mol. The molecule has 0 atom stereocenters. The van der Waals surface area contributed by atoms with Crippen LogP contribution in [0.3, 0.4) is 0 Å². The van der Waals surface area contributed by atoms with Crippen LogP contribution in [0.2, 0.25) is 0 Å². The predicted octanol–water partition coefficient (Wildman–Crippen LogP) is 2.24. The second kappa shape index (κ2) is 6.21. The summed E-state index contributed by atoms with van der Waals surface area (Å²) in [6, 6.07) is 8.03. The Hall–Kier alpha value is -1.81. The van der Waals surface area contributed by atoms with Crippen LogP contribution in [0.1, 0.15) is 12.0 Å². The van der Waals surface area contributed by atoms with E-state index >= 15 is 0 Å². The molecule has 0 aliphatic carbocycles. The molecule has 4 nitrogen and oxygen atoms in total. The maximum Gasteiger partial charge on any atom is 0.118 e. The molecular formula is C14H19N3O. The lowest BCUT2D eigenvalue weighted by atomic mass is 10.0. The van der Waals surface area contributed by atoms with Crippen molar-refractivity contribution in [1.29, 1.82) is 0 Å². The molecule has 0 saturated carbocycles. The molecule has 4 heteroatoms. The largest absolute Gasteiger partial charge is 0.497 e. The Morgan fingerprint density at radius 1 is 1.28 bits per heavy atom. The molecule has 0 aliphatic heterocycles. The van der Waals surface area contributed by atoms with Crippen LogP contribution in [0.4, 0.5) is 0 Å². The summed E-state index contributed by atoms with van der Waals surface area (Å²) in [5, 5.41) is 10.4. The molecule has 0 saturated heterocycles. The highest BCUT2D eigenvalue weighted by molar-refractivity contribution is 5.63. The number of nitrogens with zero attached hydrogens (tertiary/aromatic N) is 1. The number of ether oxygens (including phenoxy) is 1. The molecule has 0 radical (unpaired) electrons. The lowest BCUT2D eigenvalue weighted by Gasteiger charge is -2.05. The fraction of sp³-hybridized carbons (Fsp3) is 0.357. The van der Waals surface area contributed by atoms with Gasteiger partial charge in [-0.2, -0.15) is 5.10 Å². The smallest absolute Gasteiger partial charge is 0.118 e. The summed E-state index contributed by atoms with van der Waals surface area (Å²) in [7, 11) is 3.65. The van der Waals surface area contributed by atoms with Gasteiger partial charge in [-0.25, -0.2) is 0 Å². The molecule has 1 aromatic heterocycles. The van der Waals surface area contributed by atoms with Crippen molar-refractivity contribution < 1.29 is 4.74 Å². The lowest BCUT2D eigenvalue weighted by molar-refractivity contribution is 0.415. The summed E-state index contributed by atoms with van der Waals surface area (Å²) >= 11 is 0. The molecule has 0 bridgehead atoms. The second-order valence-corrected chi connectivity index (χ2v) is 4.21. The Kier molecular flexibility index (Phi) is 4.36. The van der Waals surface area contributed by atoms with E-state index in [1.807, 2.05) is 37.5 Å². The fourth-order valence-corrected chi connectivity index (χ4v) is 1.96. The van der Waals surface area contributed by atoms with E-state index in [0.717, 1.165) is 36.4 Å². The summed E-state index contributed by atoms with van der Waals surface area (Å²) in [5.41, 5.74) is 3.51. The minimum absolute atomic E-state index is 0.870. The Labute approximate surface area is 107 Å². The molecule has 0 spiro atoms. The summed E-state index contributed by atoms with van der Waals surface area (Å²) in [4.78, 5) is 0. The zero-order chi connectivity index (χ0) is 12.8. The highest BCUT2D eigenvalue weighted by Crippen LogP contribution is 2.24. The molecule has 2 rings (SSSR count). The Morgan fingerprint density at radius 3 is 2.72 bits per heavy atom. The van der Waals surface area contributed by atoms with Crippen LogP contribution in [0.5, 0.6) is 5.75 Å². The monoisotopic (exact) mass is 245 g/mol. The standard InChI is InChI=1S/C14H19N3O/c1-15-9-3-4-12-10-16-17-14(12)11-5-7-13(18-2)8-6-11/h5-8,10,15H,3-4,9H2,1-2H3,(H,16,17). The normalized spacial score (nSPS) is 10.6. The van der Waals surface area contributed by atoms with E-state index in [1.165, 1.54) is 5.56 Å². The first-order valence-corrected chi connectivity index (χ1v) is 6.16. The molecule has 2 aromatic rings. The fourth-order valence-electron chi connectivity index (χ4n) is 1.96. The highest BCUT2D eigenvalue weighted by atomic mass is 16.5. The van der Waals surface area contributed by atoms with Crippen molar-refractivity contribution in [3.63, 3.8) is 0 Å². The van der Waals surface area contributed by atoms with Crippen molar-refractivity contribution >= 4 is 0 Å². The lowest BCUT2D eigenvalue weighted by Crippen LogP contribution is -2.08. The van der Waals surface area contributed by atoms with Crippen LogP contribution in [0.15, 0.2) is 30.5 Å². The summed E-state index contributed by atoms with van der Waals surface area (Å²) < 4.78 is 5.16. The topological polar surface area (TPSA) is 49.9 Å². The van der Waals surface area contributed by atoms with Gasteiger partial charge in [0, 0.05) is 5.56 Å². The summed E-state index contributed by atoms with van der Waals surface area (Å²) in [6.45, 7) is 1.02. The quantitative estimate of drug-likeness (QED) is 0.767. The van der Waals surface area contributed by atoms with E-state index in [2.05, 4.69) is 15.5 Å². The second-order valence-electron chi connectivity index (χ2n) is 4.21. The first-order chi connectivity index (χ1) is 8.85. The average Bonchev–Trinajstić information content (AvgIpc) is 2.88. The van der Waals surface area contributed by atoms with E-state index in [0.29, 0.717) is 0 Å². The van der Waals surface area contributed by atoms with Crippen LogP contribution in [0, 0.1) is 0 Å². The van der Waals surface area contributed by atoms with Crippen LogP contribution >= 0.6 is 0 Å². The van der Waals surface area contributed by atoms with Gasteiger partial charge in [-0.3, -0.25) is 5.10 Å². The van der Waals surface area contributed by atoms with Gasteiger partial charge in [-0.15, -0.1) is 0 Å². The predicted molar refractivity (Wildman–Crippen MR) is 72.8 cm³/mol. The molecule has 2 N–H and O–H groups in total. The summed E-state index contributed by atoms with van der Waals surface area (Å²) in [6.07, 6.45) is 4.05. The van der Waals surface area contributed by atoms with Crippen LogP contribution < -0.4 is 10.1 Å². The number of benzene rings is 1.